The smallest absolute Gasteiger partial charge is 0.137 e. The number of imidazole rings is 1. The summed E-state index contributed by atoms with van der Waals surface area (Å²) < 4.78 is 15.5. The monoisotopic (exact) mass is 266 g/mol. The molecule has 0 saturated heterocycles. The van der Waals surface area contributed by atoms with Crippen LogP contribution in [-0.2, 0) is 6.42 Å². The van der Waals surface area contributed by atoms with Crippen LogP contribution in [0.25, 0.3) is 23.0 Å². The molecule has 100 valence electrons. The van der Waals surface area contributed by atoms with Gasteiger partial charge in [0.15, 0.2) is 0 Å². The highest BCUT2D eigenvalue weighted by Crippen LogP contribution is 2.26. The number of halogens is 1. The molecular weight excluding hydrogens is 251 g/mol. The Morgan fingerprint density at radius 2 is 2.15 bits per heavy atom. The molecule has 3 heteroatoms. The summed E-state index contributed by atoms with van der Waals surface area (Å²) in [6.07, 6.45) is 6.37. The number of pyridine rings is 1. The average molecular weight is 266 g/mol. The van der Waals surface area contributed by atoms with Crippen LogP contribution in [0.1, 0.15) is 18.1 Å². The predicted molar refractivity (Wildman–Crippen MR) is 80.1 cm³/mol. The van der Waals surface area contributed by atoms with Gasteiger partial charge < -0.3 is 0 Å². The lowest BCUT2D eigenvalue weighted by Gasteiger charge is -2.08. The van der Waals surface area contributed by atoms with Gasteiger partial charge in [0, 0.05) is 11.8 Å². The van der Waals surface area contributed by atoms with Crippen molar-refractivity contribution in [1.82, 2.24) is 9.38 Å². The van der Waals surface area contributed by atoms with Crippen LogP contribution in [0.2, 0.25) is 0 Å². The summed E-state index contributed by atoms with van der Waals surface area (Å²) in [4.78, 5) is 4.40. The van der Waals surface area contributed by atoms with E-state index in [9.17, 15) is 4.39 Å². The molecule has 3 aromatic rings. The van der Waals surface area contributed by atoms with Gasteiger partial charge in [0.05, 0.1) is 11.9 Å². The van der Waals surface area contributed by atoms with Crippen LogP contribution in [0.15, 0.2) is 49.3 Å². The predicted octanol–water partition coefficient (Wildman–Crippen LogP) is 4.35. The molecule has 0 spiro atoms. The van der Waals surface area contributed by atoms with Gasteiger partial charge in [0.25, 0.3) is 0 Å². The summed E-state index contributed by atoms with van der Waals surface area (Å²) in [5.74, 6) is -0.227. The molecule has 0 saturated carbocycles. The Balaban J connectivity index is 2.24. The molecule has 2 nitrogen and oxygen atoms in total. The first-order chi connectivity index (χ1) is 9.72. The Labute approximate surface area is 117 Å². The molecular formula is C17H15FN2. The fourth-order valence-corrected chi connectivity index (χ4v) is 2.42. The van der Waals surface area contributed by atoms with Gasteiger partial charge >= 0.3 is 0 Å². The first-order valence-corrected chi connectivity index (χ1v) is 6.61. The Kier molecular flexibility index (Phi) is 3.11. The van der Waals surface area contributed by atoms with E-state index in [-0.39, 0.29) is 5.82 Å². The van der Waals surface area contributed by atoms with Crippen LogP contribution in [0.4, 0.5) is 4.39 Å². The number of benzene rings is 1. The molecule has 1 aromatic carbocycles. The van der Waals surface area contributed by atoms with Crippen molar-refractivity contribution in [1.29, 1.82) is 0 Å². The van der Waals surface area contributed by atoms with E-state index < -0.39 is 0 Å². The third kappa shape index (κ3) is 2.01. The lowest BCUT2D eigenvalue weighted by Crippen LogP contribution is -1.93. The van der Waals surface area contributed by atoms with Gasteiger partial charge in [-0.3, -0.25) is 4.40 Å². The van der Waals surface area contributed by atoms with E-state index in [2.05, 4.69) is 18.5 Å². The minimum absolute atomic E-state index is 0.227. The van der Waals surface area contributed by atoms with E-state index in [0.29, 0.717) is 0 Å². The van der Waals surface area contributed by atoms with E-state index >= 15 is 0 Å². The zero-order chi connectivity index (χ0) is 14.1. The van der Waals surface area contributed by atoms with Crippen molar-refractivity contribution in [3.63, 3.8) is 0 Å². The summed E-state index contributed by atoms with van der Waals surface area (Å²) in [7, 11) is 0. The van der Waals surface area contributed by atoms with Gasteiger partial charge in [-0.1, -0.05) is 25.6 Å². The minimum Gasteiger partial charge on any atom is -0.300 e. The molecule has 0 amide bonds. The van der Waals surface area contributed by atoms with Crippen molar-refractivity contribution < 1.29 is 4.39 Å². The normalized spacial score (nSPS) is 10.9. The number of hydrogen-bond donors (Lipinski definition) is 0. The molecule has 0 fully saturated rings. The van der Waals surface area contributed by atoms with Crippen molar-refractivity contribution in [3.8, 4) is 11.3 Å². The molecule has 0 bridgehead atoms. The molecule has 0 atom stereocenters. The summed E-state index contributed by atoms with van der Waals surface area (Å²) in [6, 6.07) is 8.84. The standard InChI is InChI=1S/C17H15FN2/c1-3-12-7-8-20-16(11-19-17(20)9-12)15-10-14(18)6-5-13(15)4-2/h3,5-11H,1,4H2,2H3. The number of fused-ring (bicyclic) bond motifs is 1. The van der Waals surface area contributed by atoms with Crippen LogP contribution in [0.5, 0.6) is 0 Å². The van der Waals surface area contributed by atoms with Crippen molar-refractivity contribution in [2.24, 2.45) is 0 Å². The van der Waals surface area contributed by atoms with Crippen LogP contribution in [-0.4, -0.2) is 9.38 Å². The highest BCUT2D eigenvalue weighted by atomic mass is 19.1. The maximum absolute atomic E-state index is 13.6. The maximum atomic E-state index is 13.6. The first kappa shape index (κ1) is 12.6. The Hall–Kier alpha value is -2.42. The second-order valence-corrected chi connectivity index (χ2v) is 4.69. The minimum atomic E-state index is -0.227. The molecule has 20 heavy (non-hydrogen) atoms. The molecule has 2 aromatic heterocycles. The quantitative estimate of drug-likeness (QED) is 0.689. The van der Waals surface area contributed by atoms with Gasteiger partial charge in [-0.2, -0.15) is 0 Å². The highest BCUT2D eigenvalue weighted by Gasteiger charge is 2.10. The molecule has 0 aliphatic rings. The summed E-state index contributed by atoms with van der Waals surface area (Å²) >= 11 is 0. The number of aromatic nitrogens is 2. The summed E-state index contributed by atoms with van der Waals surface area (Å²) in [5, 5.41) is 0. The van der Waals surface area contributed by atoms with Gasteiger partial charge in [0.2, 0.25) is 0 Å². The first-order valence-electron chi connectivity index (χ1n) is 6.61. The second kappa shape index (κ2) is 4.93. The topological polar surface area (TPSA) is 17.3 Å². The number of hydrogen-bond acceptors (Lipinski definition) is 1. The third-order valence-corrected chi connectivity index (χ3v) is 3.50. The maximum Gasteiger partial charge on any atom is 0.137 e. The van der Waals surface area contributed by atoms with Crippen molar-refractivity contribution in [2.45, 2.75) is 13.3 Å². The Morgan fingerprint density at radius 3 is 2.90 bits per heavy atom. The lowest BCUT2D eigenvalue weighted by atomic mass is 10.0. The van der Waals surface area contributed by atoms with E-state index in [1.54, 1.807) is 18.3 Å². The third-order valence-electron chi connectivity index (χ3n) is 3.50. The van der Waals surface area contributed by atoms with Gasteiger partial charge in [-0.05, 0) is 41.8 Å². The van der Waals surface area contributed by atoms with E-state index in [4.69, 9.17) is 0 Å². The largest absolute Gasteiger partial charge is 0.300 e. The Bertz CT molecular complexity index is 787. The summed E-state index contributed by atoms with van der Waals surface area (Å²) in [5.41, 5.74) is 4.77. The number of rotatable bonds is 3. The molecule has 2 heterocycles. The van der Waals surface area contributed by atoms with Crippen LogP contribution >= 0.6 is 0 Å². The summed E-state index contributed by atoms with van der Waals surface area (Å²) in [6.45, 7) is 5.82. The van der Waals surface area contributed by atoms with Crippen LogP contribution < -0.4 is 0 Å². The molecule has 0 radical (unpaired) electrons. The Morgan fingerprint density at radius 1 is 1.30 bits per heavy atom. The number of nitrogens with zero attached hydrogens (tertiary/aromatic N) is 2. The highest BCUT2D eigenvalue weighted by molar-refractivity contribution is 5.68. The van der Waals surface area contributed by atoms with E-state index in [0.717, 1.165) is 34.5 Å². The molecule has 0 unspecified atom stereocenters. The average Bonchev–Trinajstić information content (AvgIpc) is 2.89. The molecule has 3 rings (SSSR count). The molecule has 0 aliphatic carbocycles. The van der Waals surface area contributed by atoms with Crippen molar-refractivity contribution >= 4 is 11.7 Å². The fourth-order valence-electron chi connectivity index (χ4n) is 2.42. The van der Waals surface area contributed by atoms with E-state index in [1.165, 1.54) is 6.07 Å². The number of aryl methyl sites for hydroxylation is 1. The molecule has 0 N–H and O–H groups in total. The van der Waals surface area contributed by atoms with Gasteiger partial charge in [-0.15, -0.1) is 0 Å². The van der Waals surface area contributed by atoms with Crippen molar-refractivity contribution in [2.75, 3.05) is 0 Å². The zero-order valence-electron chi connectivity index (χ0n) is 11.3. The van der Waals surface area contributed by atoms with Gasteiger partial charge in [-0.25, -0.2) is 9.37 Å². The fraction of sp³-hybridized carbons (Fsp3) is 0.118. The van der Waals surface area contributed by atoms with E-state index in [1.807, 2.05) is 28.8 Å². The van der Waals surface area contributed by atoms with Crippen LogP contribution in [0.3, 0.4) is 0 Å². The van der Waals surface area contributed by atoms with Crippen LogP contribution in [0, 0.1) is 5.82 Å². The molecule has 0 aliphatic heterocycles. The lowest BCUT2D eigenvalue weighted by molar-refractivity contribution is 0.627. The second-order valence-electron chi connectivity index (χ2n) is 4.69. The van der Waals surface area contributed by atoms with Gasteiger partial charge in [0.1, 0.15) is 11.5 Å². The SMILES string of the molecule is C=Cc1ccn2c(-c3cc(F)ccc3CC)cnc2c1. The van der Waals surface area contributed by atoms with Crippen molar-refractivity contribution in [3.05, 3.63) is 66.2 Å². The zero-order valence-corrected chi connectivity index (χ0v) is 11.3.